The Morgan fingerprint density at radius 1 is 0.892 bits per heavy atom. The van der Waals surface area contributed by atoms with Gasteiger partial charge in [-0.1, -0.05) is 24.3 Å². The maximum Gasteiger partial charge on any atom is 0.323 e. The highest BCUT2D eigenvalue weighted by atomic mass is 16.5. The lowest BCUT2D eigenvalue weighted by atomic mass is 10.1. The zero-order chi connectivity index (χ0) is 25.2. The second kappa shape index (κ2) is 9.58. The average Bonchev–Trinajstić information content (AvgIpc) is 2.94. The van der Waals surface area contributed by atoms with Crippen LogP contribution in [-0.4, -0.2) is 33.0 Å². The molecule has 3 heterocycles. The summed E-state index contributed by atoms with van der Waals surface area (Å²) in [4.78, 5) is 28.0. The first-order chi connectivity index (χ1) is 18.2. The van der Waals surface area contributed by atoms with Gasteiger partial charge in [-0.3, -0.25) is 10.3 Å². The van der Waals surface area contributed by atoms with E-state index in [9.17, 15) is 4.79 Å². The predicted molar refractivity (Wildman–Crippen MR) is 141 cm³/mol. The van der Waals surface area contributed by atoms with Gasteiger partial charge in [0.1, 0.15) is 23.1 Å². The van der Waals surface area contributed by atoms with Crippen molar-refractivity contribution in [3.63, 3.8) is 0 Å². The largest absolute Gasteiger partial charge is 0.497 e. The molecule has 2 aromatic heterocycles. The molecule has 0 radical (unpaired) electrons. The molecule has 0 spiro atoms. The summed E-state index contributed by atoms with van der Waals surface area (Å²) >= 11 is 0. The van der Waals surface area contributed by atoms with Crippen molar-refractivity contribution in [3.05, 3.63) is 102 Å². The SMILES string of the molecule is COc1ccc(CN2Cc3c(Oc4ccc(-c5cnc6ccccc6n5)cc4)ccnc3NC2=O)cc1. The van der Waals surface area contributed by atoms with Crippen LogP contribution in [0.4, 0.5) is 10.6 Å². The fourth-order valence-electron chi connectivity index (χ4n) is 4.27. The van der Waals surface area contributed by atoms with Gasteiger partial charge < -0.3 is 14.4 Å². The third-order valence-corrected chi connectivity index (χ3v) is 6.23. The van der Waals surface area contributed by atoms with E-state index in [1.54, 1.807) is 24.4 Å². The summed E-state index contributed by atoms with van der Waals surface area (Å²) in [6.45, 7) is 0.826. The van der Waals surface area contributed by atoms with Crippen molar-refractivity contribution in [2.24, 2.45) is 0 Å². The van der Waals surface area contributed by atoms with Gasteiger partial charge in [0.25, 0.3) is 0 Å². The average molecular weight is 490 g/mol. The van der Waals surface area contributed by atoms with E-state index in [1.165, 1.54) is 0 Å². The van der Waals surface area contributed by atoms with E-state index in [1.807, 2.05) is 78.9 Å². The van der Waals surface area contributed by atoms with Crippen LogP contribution in [0.15, 0.2) is 91.3 Å². The van der Waals surface area contributed by atoms with Crippen LogP contribution in [0.25, 0.3) is 22.3 Å². The molecule has 6 rings (SSSR count). The van der Waals surface area contributed by atoms with Crippen LogP contribution in [0.2, 0.25) is 0 Å². The number of anilines is 1. The quantitative estimate of drug-likeness (QED) is 0.313. The number of aromatic nitrogens is 3. The molecule has 5 aromatic rings. The molecule has 0 atom stereocenters. The van der Waals surface area contributed by atoms with E-state index in [-0.39, 0.29) is 6.03 Å². The van der Waals surface area contributed by atoms with Crippen molar-refractivity contribution in [1.82, 2.24) is 19.9 Å². The minimum absolute atomic E-state index is 0.200. The van der Waals surface area contributed by atoms with Crippen LogP contribution in [0.1, 0.15) is 11.1 Å². The minimum Gasteiger partial charge on any atom is -0.497 e. The number of methoxy groups -OCH3 is 1. The lowest BCUT2D eigenvalue weighted by Gasteiger charge is -2.29. The molecule has 0 saturated heterocycles. The third kappa shape index (κ3) is 4.64. The standard InChI is InChI=1S/C29H23N5O3/c1-36-21-10-6-19(7-11-21)17-34-18-23-27(14-15-30-28(23)33-29(34)35)37-22-12-8-20(9-13-22)26-16-31-24-4-2-3-5-25(24)32-26/h2-16H,17-18H2,1H3,(H,30,33,35). The van der Waals surface area contributed by atoms with Gasteiger partial charge in [0, 0.05) is 18.3 Å². The molecule has 3 aromatic carbocycles. The first-order valence-electron chi connectivity index (χ1n) is 11.8. The summed E-state index contributed by atoms with van der Waals surface area (Å²) in [6, 6.07) is 24.8. The first kappa shape index (κ1) is 22.5. The van der Waals surface area contributed by atoms with Gasteiger partial charge in [-0.05, 0) is 60.2 Å². The minimum atomic E-state index is -0.200. The highest BCUT2D eigenvalue weighted by Crippen LogP contribution is 2.34. The molecule has 37 heavy (non-hydrogen) atoms. The molecule has 8 heteroatoms. The maximum absolute atomic E-state index is 12.7. The van der Waals surface area contributed by atoms with Gasteiger partial charge in [0.15, 0.2) is 0 Å². The smallest absolute Gasteiger partial charge is 0.323 e. The Kier molecular flexibility index (Phi) is 5.82. The van der Waals surface area contributed by atoms with Gasteiger partial charge in [-0.25, -0.2) is 14.8 Å². The Bertz CT molecular complexity index is 1590. The molecule has 0 saturated carbocycles. The fourth-order valence-corrected chi connectivity index (χ4v) is 4.27. The number of amides is 2. The van der Waals surface area contributed by atoms with Crippen LogP contribution in [-0.2, 0) is 13.1 Å². The number of fused-ring (bicyclic) bond motifs is 2. The monoisotopic (exact) mass is 489 g/mol. The normalized spacial score (nSPS) is 12.7. The van der Waals surface area contributed by atoms with E-state index in [0.717, 1.165) is 39.2 Å². The van der Waals surface area contributed by atoms with E-state index in [2.05, 4.69) is 15.3 Å². The van der Waals surface area contributed by atoms with E-state index in [0.29, 0.717) is 30.4 Å². The number of carbonyl (C=O) groups excluding carboxylic acids is 1. The van der Waals surface area contributed by atoms with E-state index >= 15 is 0 Å². The number of nitrogens with zero attached hydrogens (tertiary/aromatic N) is 4. The number of ether oxygens (including phenoxy) is 2. The molecule has 0 fully saturated rings. The maximum atomic E-state index is 12.7. The second-order valence-electron chi connectivity index (χ2n) is 8.64. The molecule has 182 valence electrons. The Labute approximate surface area is 213 Å². The molecular weight excluding hydrogens is 466 g/mol. The van der Waals surface area contributed by atoms with Crippen LogP contribution >= 0.6 is 0 Å². The van der Waals surface area contributed by atoms with Crippen LogP contribution in [0.5, 0.6) is 17.2 Å². The number of urea groups is 1. The summed E-state index contributed by atoms with van der Waals surface area (Å²) in [7, 11) is 1.63. The summed E-state index contributed by atoms with van der Waals surface area (Å²) in [5.74, 6) is 2.60. The van der Waals surface area contributed by atoms with Gasteiger partial charge in [-0.15, -0.1) is 0 Å². The number of pyridine rings is 1. The molecule has 1 aliphatic rings. The van der Waals surface area contributed by atoms with Gasteiger partial charge in [0.2, 0.25) is 0 Å². The number of hydrogen-bond acceptors (Lipinski definition) is 6. The molecule has 2 amide bonds. The Morgan fingerprint density at radius 3 is 2.43 bits per heavy atom. The predicted octanol–water partition coefficient (Wildman–Crippen LogP) is 6.04. The van der Waals surface area contributed by atoms with Crippen molar-refractivity contribution in [2.45, 2.75) is 13.1 Å². The van der Waals surface area contributed by atoms with Crippen LogP contribution in [0, 0.1) is 0 Å². The Balaban J connectivity index is 1.21. The highest BCUT2D eigenvalue weighted by molar-refractivity contribution is 5.91. The zero-order valence-corrected chi connectivity index (χ0v) is 20.1. The topological polar surface area (TPSA) is 89.5 Å². The fraction of sp³-hybridized carbons (Fsp3) is 0.103. The van der Waals surface area contributed by atoms with Gasteiger partial charge in [-0.2, -0.15) is 0 Å². The van der Waals surface area contributed by atoms with Crippen molar-refractivity contribution < 1.29 is 14.3 Å². The number of nitrogens with one attached hydrogen (secondary N) is 1. The second-order valence-corrected chi connectivity index (χ2v) is 8.64. The highest BCUT2D eigenvalue weighted by Gasteiger charge is 2.26. The number of rotatable bonds is 6. The molecular formula is C29H23N5O3. The lowest BCUT2D eigenvalue weighted by Crippen LogP contribution is -2.38. The molecule has 0 unspecified atom stereocenters. The van der Waals surface area contributed by atoms with Crippen molar-refractivity contribution >= 4 is 22.9 Å². The molecule has 1 aliphatic heterocycles. The summed E-state index contributed by atoms with van der Waals surface area (Å²) in [5.41, 5.74) is 5.27. The molecule has 0 bridgehead atoms. The summed E-state index contributed by atoms with van der Waals surface area (Å²) < 4.78 is 11.5. The van der Waals surface area contributed by atoms with Crippen molar-refractivity contribution in [2.75, 3.05) is 12.4 Å². The lowest BCUT2D eigenvalue weighted by molar-refractivity contribution is 0.203. The van der Waals surface area contributed by atoms with E-state index in [4.69, 9.17) is 14.5 Å². The van der Waals surface area contributed by atoms with E-state index < -0.39 is 0 Å². The number of benzene rings is 3. The third-order valence-electron chi connectivity index (χ3n) is 6.23. The van der Waals surface area contributed by atoms with Crippen molar-refractivity contribution in [1.29, 1.82) is 0 Å². The van der Waals surface area contributed by atoms with Crippen LogP contribution < -0.4 is 14.8 Å². The van der Waals surface area contributed by atoms with Gasteiger partial charge in [0.05, 0.1) is 42.1 Å². The Morgan fingerprint density at radius 2 is 1.65 bits per heavy atom. The molecule has 8 nitrogen and oxygen atoms in total. The first-order valence-corrected chi connectivity index (χ1v) is 11.8. The molecule has 0 aliphatic carbocycles. The number of para-hydroxylation sites is 2. The summed E-state index contributed by atoms with van der Waals surface area (Å²) in [6.07, 6.45) is 3.41. The van der Waals surface area contributed by atoms with Crippen molar-refractivity contribution in [3.8, 4) is 28.5 Å². The zero-order valence-electron chi connectivity index (χ0n) is 20.1. The Hall–Kier alpha value is -4.98. The number of carbonyl (C=O) groups is 1. The summed E-state index contributed by atoms with van der Waals surface area (Å²) in [5, 5.41) is 2.88. The number of hydrogen-bond donors (Lipinski definition) is 1. The van der Waals surface area contributed by atoms with Crippen LogP contribution in [0.3, 0.4) is 0 Å². The molecule has 1 N–H and O–H groups in total. The van der Waals surface area contributed by atoms with Gasteiger partial charge >= 0.3 is 6.03 Å².